The monoisotopic (exact) mass is 325 g/mol. The third kappa shape index (κ3) is 4.32. The molecule has 8 heteroatoms. The van der Waals surface area contributed by atoms with Crippen LogP contribution in [0.2, 0.25) is 0 Å². The summed E-state index contributed by atoms with van der Waals surface area (Å²) in [6.45, 7) is 2.45. The van der Waals surface area contributed by atoms with Gasteiger partial charge in [-0.05, 0) is 37.5 Å². The van der Waals surface area contributed by atoms with Gasteiger partial charge < -0.3 is 19.0 Å². The maximum atomic E-state index is 12.1. The lowest BCUT2D eigenvalue weighted by Gasteiger charge is -2.23. The van der Waals surface area contributed by atoms with Crippen molar-refractivity contribution in [2.45, 2.75) is 32.5 Å². The average molecular weight is 325 g/mol. The van der Waals surface area contributed by atoms with E-state index in [2.05, 4.69) is 4.84 Å². The van der Waals surface area contributed by atoms with E-state index in [1.165, 1.54) is 7.11 Å². The zero-order chi connectivity index (χ0) is 16.8. The highest BCUT2D eigenvalue weighted by molar-refractivity contribution is 6.01. The Morgan fingerprint density at radius 2 is 2.04 bits per heavy atom. The van der Waals surface area contributed by atoms with Crippen molar-refractivity contribution in [3.05, 3.63) is 33.4 Å². The van der Waals surface area contributed by atoms with E-state index in [-0.39, 0.29) is 12.4 Å². The van der Waals surface area contributed by atoms with Crippen molar-refractivity contribution in [1.82, 2.24) is 0 Å². The molecule has 1 aliphatic rings. The summed E-state index contributed by atoms with van der Waals surface area (Å²) in [5.41, 5.74) is 1.35. The number of methoxy groups -OCH3 is 1. The minimum absolute atomic E-state index is 0.0328. The highest BCUT2D eigenvalue weighted by Gasteiger charge is 2.26. The van der Waals surface area contributed by atoms with Crippen LogP contribution in [0.15, 0.2) is 12.1 Å². The second-order valence-electron chi connectivity index (χ2n) is 5.09. The molecule has 0 amide bonds. The number of unbranched alkanes of at least 4 members (excludes halogenated alkanes) is 1. The number of carbonyl (C=O) groups excluding carboxylic acids is 1. The van der Waals surface area contributed by atoms with Crippen LogP contribution in [0.3, 0.4) is 0 Å². The number of benzene rings is 1. The number of nitrogens with zero attached hydrogens (tertiary/aromatic N) is 1. The van der Waals surface area contributed by atoms with Gasteiger partial charge in [-0.1, -0.05) is 0 Å². The van der Waals surface area contributed by atoms with Gasteiger partial charge in [0, 0.05) is 5.56 Å². The number of hydrogen-bond acceptors (Lipinski definition) is 7. The van der Waals surface area contributed by atoms with Crippen LogP contribution in [0.5, 0.6) is 11.5 Å². The Bertz CT molecular complexity index is 587. The molecule has 0 fully saturated rings. The van der Waals surface area contributed by atoms with Gasteiger partial charge in [0.15, 0.2) is 17.3 Å². The average Bonchev–Trinajstić information content (AvgIpc) is 2.53. The first-order valence-corrected chi connectivity index (χ1v) is 7.29. The molecule has 0 aliphatic carbocycles. The molecule has 1 atom stereocenters. The Hall–Kier alpha value is -2.35. The summed E-state index contributed by atoms with van der Waals surface area (Å²) >= 11 is 0. The van der Waals surface area contributed by atoms with Crippen molar-refractivity contribution in [3.63, 3.8) is 0 Å². The molecule has 1 heterocycles. The standard InChI is InChI=1S/C15H19NO7/c1-10-15(17)12-8-14(13(20-2)7-11(12)9-22-10)21-5-3-4-6-23-16(18)19/h7-8,10H,3-6,9H2,1-2H3. The van der Waals surface area contributed by atoms with Gasteiger partial charge in [0.1, 0.15) is 6.10 Å². The van der Waals surface area contributed by atoms with Crippen molar-refractivity contribution < 1.29 is 28.9 Å². The van der Waals surface area contributed by atoms with Gasteiger partial charge in [-0.15, -0.1) is 10.1 Å². The van der Waals surface area contributed by atoms with Crippen molar-refractivity contribution in [2.24, 2.45) is 0 Å². The van der Waals surface area contributed by atoms with Crippen LogP contribution in [-0.4, -0.2) is 37.3 Å². The predicted octanol–water partition coefficient (Wildman–Crippen LogP) is 2.16. The molecule has 23 heavy (non-hydrogen) atoms. The number of ether oxygens (including phenoxy) is 3. The summed E-state index contributed by atoms with van der Waals surface area (Å²) in [5, 5.41) is 9.21. The van der Waals surface area contributed by atoms with Crippen LogP contribution in [0, 0.1) is 10.1 Å². The molecule has 0 saturated carbocycles. The molecule has 0 radical (unpaired) electrons. The van der Waals surface area contributed by atoms with E-state index in [9.17, 15) is 14.9 Å². The van der Waals surface area contributed by atoms with E-state index in [0.29, 0.717) is 43.1 Å². The van der Waals surface area contributed by atoms with E-state index >= 15 is 0 Å². The van der Waals surface area contributed by atoms with Gasteiger partial charge in [0.2, 0.25) is 0 Å². The van der Waals surface area contributed by atoms with E-state index in [1.807, 2.05) is 0 Å². The molecule has 1 aromatic carbocycles. The lowest BCUT2D eigenvalue weighted by atomic mass is 9.97. The fourth-order valence-electron chi connectivity index (χ4n) is 2.26. The number of ketones is 1. The Balaban J connectivity index is 1.98. The summed E-state index contributed by atoms with van der Waals surface area (Å²) < 4.78 is 16.3. The molecule has 1 aromatic rings. The Morgan fingerprint density at radius 1 is 1.30 bits per heavy atom. The zero-order valence-electron chi connectivity index (χ0n) is 13.1. The summed E-state index contributed by atoms with van der Waals surface area (Å²) in [5.74, 6) is 0.915. The number of hydrogen-bond donors (Lipinski definition) is 0. The van der Waals surface area contributed by atoms with Crippen LogP contribution >= 0.6 is 0 Å². The van der Waals surface area contributed by atoms with E-state index in [1.54, 1.807) is 19.1 Å². The molecular formula is C15H19NO7. The SMILES string of the molecule is COc1cc2c(cc1OCCCCO[N+](=O)[O-])C(=O)C(C)OC2. The van der Waals surface area contributed by atoms with Crippen LogP contribution < -0.4 is 9.47 Å². The van der Waals surface area contributed by atoms with Gasteiger partial charge in [-0.25, -0.2) is 0 Å². The fraction of sp³-hybridized carbons (Fsp3) is 0.533. The van der Waals surface area contributed by atoms with Crippen LogP contribution in [-0.2, 0) is 16.2 Å². The highest BCUT2D eigenvalue weighted by atomic mass is 16.9. The first kappa shape index (κ1) is 17.0. The molecule has 0 N–H and O–H groups in total. The first-order chi connectivity index (χ1) is 11.0. The lowest BCUT2D eigenvalue weighted by Crippen LogP contribution is -2.27. The first-order valence-electron chi connectivity index (χ1n) is 7.29. The maximum absolute atomic E-state index is 12.1. The second kappa shape index (κ2) is 7.77. The van der Waals surface area contributed by atoms with E-state index in [0.717, 1.165) is 5.56 Å². The van der Waals surface area contributed by atoms with Crippen molar-refractivity contribution in [3.8, 4) is 11.5 Å². The number of rotatable bonds is 8. The predicted molar refractivity (Wildman–Crippen MR) is 79.3 cm³/mol. The minimum Gasteiger partial charge on any atom is -0.493 e. The zero-order valence-corrected chi connectivity index (χ0v) is 13.1. The molecule has 2 rings (SSSR count). The molecule has 1 unspecified atom stereocenters. The molecule has 126 valence electrons. The molecule has 0 bridgehead atoms. The lowest BCUT2D eigenvalue weighted by molar-refractivity contribution is -0.757. The van der Waals surface area contributed by atoms with Crippen LogP contribution in [0.25, 0.3) is 0 Å². The van der Waals surface area contributed by atoms with Gasteiger partial charge in [-0.2, -0.15) is 0 Å². The molecule has 0 aromatic heterocycles. The summed E-state index contributed by atoms with van der Waals surface area (Å²) in [6.07, 6.45) is 0.613. The number of Topliss-reactive ketones (excluding diaryl/α,β-unsaturated/α-hetero) is 1. The molecule has 0 spiro atoms. The second-order valence-corrected chi connectivity index (χ2v) is 5.09. The van der Waals surface area contributed by atoms with Crippen molar-refractivity contribution >= 4 is 5.78 Å². The quantitative estimate of drug-likeness (QED) is 0.410. The number of fused-ring (bicyclic) bond motifs is 1. The fourth-order valence-corrected chi connectivity index (χ4v) is 2.26. The Morgan fingerprint density at radius 3 is 2.74 bits per heavy atom. The summed E-state index contributed by atoms with van der Waals surface area (Å²) in [7, 11) is 1.52. The molecule has 8 nitrogen and oxygen atoms in total. The third-order valence-electron chi connectivity index (χ3n) is 3.51. The van der Waals surface area contributed by atoms with Gasteiger partial charge >= 0.3 is 0 Å². The maximum Gasteiger partial charge on any atom is 0.294 e. The molecule has 1 aliphatic heterocycles. The molecule has 0 saturated heterocycles. The van der Waals surface area contributed by atoms with E-state index < -0.39 is 11.2 Å². The minimum atomic E-state index is -0.817. The Kier molecular flexibility index (Phi) is 5.75. The normalized spacial score (nSPS) is 16.6. The largest absolute Gasteiger partial charge is 0.493 e. The van der Waals surface area contributed by atoms with E-state index in [4.69, 9.17) is 14.2 Å². The molecular weight excluding hydrogens is 306 g/mol. The van der Waals surface area contributed by atoms with Crippen LogP contribution in [0.4, 0.5) is 0 Å². The van der Waals surface area contributed by atoms with Gasteiger partial charge in [0.25, 0.3) is 5.09 Å². The summed E-state index contributed by atoms with van der Waals surface area (Å²) in [6, 6.07) is 3.41. The topological polar surface area (TPSA) is 97.1 Å². The third-order valence-corrected chi connectivity index (χ3v) is 3.51. The Labute approximate surface area is 133 Å². The van der Waals surface area contributed by atoms with Gasteiger partial charge in [0.05, 0.1) is 26.9 Å². The smallest absolute Gasteiger partial charge is 0.294 e. The van der Waals surface area contributed by atoms with Crippen LogP contribution in [0.1, 0.15) is 35.7 Å². The summed E-state index contributed by atoms with van der Waals surface area (Å²) in [4.78, 5) is 26.4. The number of carbonyl (C=O) groups is 1. The highest BCUT2D eigenvalue weighted by Crippen LogP contribution is 2.34. The van der Waals surface area contributed by atoms with Gasteiger partial charge in [-0.3, -0.25) is 4.79 Å². The van der Waals surface area contributed by atoms with Crippen molar-refractivity contribution in [2.75, 3.05) is 20.3 Å². The van der Waals surface area contributed by atoms with Crippen molar-refractivity contribution in [1.29, 1.82) is 0 Å².